The van der Waals surface area contributed by atoms with Crippen molar-refractivity contribution in [2.45, 2.75) is 0 Å². The van der Waals surface area contributed by atoms with Crippen LogP contribution in [0.2, 0.25) is 0 Å². The number of hydrazine groups is 1. The van der Waals surface area contributed by atoms with Gasteiger partial charge in [0.05, 0.1) is 25.9 Å². The first-order valence-corrected chi connectivity index (χ1v) is 13.2. The molecule has 0 fully saturated rings. The second-order valence-corrected chi connectivity index (χ2v) is 9.69. The van der Waals surface area contributed by atoms with E-state index < -0.39 is 62.0 Å². The number of ketones is 1. The average molecular weight is 639 g/mol. The lowest BCUT2D eigenvalue weighted by Crippen LogP contribution is -2.51. The molecule has 0 spiro atoms. The lowest BCUT2D eigenvalue weighted by molar-refractivity contribution is -0.385. The highest BCUT2D eigenvalue weighted by Crippen LogP contribution is 2.32. The Labute approximate surface area is 261 Å². The van der Waals surface area contributed by atoms with Crippen LogP contribution in [0.4, 0.5) is 17.1 Å². The molecule has 0 atom stereocenters. The van der Waals surface area contributed by atoms with E-state index in [9.17, 15) is 54.3 Å². The Kier molecular flexibility index (Phi) is 8.28. The number of nitro benzene ring substituents is 3. The first kappa shape index (κ1) is 31.3. The summed E-state index contributed by atoms with van der Waals surface area (Å²) in [5, 5.41) is 34.3. The van der Waals surface area contributed by atoms with Crippen molar-refractivity contribution in [1.82, 2.24) is 10.0 Å². The molecule has 1 aliphatic heterocycles. The van der Waals surface area contributed by atoms with Crippen molar-refractivity contribution >= 4 is 46.5 Å². The number of fused-ring (bicyclic) bond motifs is 1. The van der Waals surface area contributed by atoms with Gasteiger partial charge in [-0.15, -0.1) is 0 Å². The number of ether oxygens (including phenoxy) is 1. The first-order chi connectivity index (χ1) is 22.4. The van der Waals surface area contributed by atoms with Crippen molar-refractivity contribution in [2.24, 2.45) is 0 Å². The maximum Gasteiger partial charge on any atom is 0.343 e. The monoisotopic (exact) mass is 639 g/mol. The van der Waals surface area contributed by atoms with E-state index in [-0.39, 0.29) is 39.4 Å². The van der Waals surface area contributed by atoms with Gasteiger partial charge >= 0.3 is 5.97 Å². The highest BCUT2D eigenvalue weighted by molar-refractivity contribution is 6.24. The Balaban J connectivity index is 1.41. The normalized spacial score (nSPS) is 11.9. The summed E-state index contributed by atoms with van der Waals surface area (Å²) >= 11 is 0. The van der Waals surface area contributed by atoms with Crippen molar-refractivity contribution in [3.05, 3.63) is 149 Å². The number of nitrogens with zero attached hydrogens (tertiary/aromatic N) is 5. The predicted molar refractivity (Wildman–Crippen MR) is 157 cm³/mol. The van der Waals surface area contributed by atoms with Gasteiger partial charge in [0.1, 0.15) is 17.9 Å². The van der Waals surface area contributed by atoms with E-state index in [0.29, 0.717) is 10.0 Å². The van der Waals surface area contributed by atoms with E-state index in [2.05, 4.69) is 0 Å². The van der Waals surface area contributed by atoms with Gasteiger partial charge in [0.25, 0.3) is 34.8 Å². The lowest BCUT2D eigenvalue weighted by Gasteiger charge is -2.29. The largest absolute Gasteiger partial charge is 0.423 e. The third-order valence-electron chi connectivity index (χ3n) is 6.86. The number of non-ortho nitro benzene ring substituents is 2. The number of esters is 1. The molecule has 0 radical (unpaired) electrons. The zero-order chi connectivity index (χ0) is 34.0. The fourth-order valence-corrected chi connectivity index (χ4v) is 4.56. The molecule has 1 aliphatic rings. The number of amides is 3. The van der Waals surface area contributed by atoms with Gasteiger partial charge in [0.15, 0.2) is 5.78 Å². The molecule has 0 aromatic heterocycles. The number of hydrogen-bond acceptors (Lipinski definition) is 12. The van der Waals surface area contributed by atoms with E-state index in [4.69, 9.17) is 4.74 Å². The van der Waals surface area contributed by atoms with Crippen LogP contribution in [0.5, 0.6) is 5.75 Å². The smallest absolute Gasteiger partial charge is 0.343 e. The molecule has 0 saturated heterocycles. The van der Waals surface area contributed by atoms with Gasteiger partial charge in [-0.05, 0) is 54.6 Å². The maximum atomic E-state index is 13.6. The Morgan fingerprint density at radius 3 is 1.72 bits per heavy atom. The van der Waals surface area contributed by atoms with E-state index in [1.807, 2.05) is 0 Å². The molecule has 0 unspecified atom stereocenters. The van der Waals surface area contributed by atoms with Crippen LogP contribution in [0, 0.1) is 30.3 Å². The van der Waals surface area contributed by atoms with Gasteiger partial charge in [-0.25, -0.2) is 9.80 Å². The van der Waals surface area contributed by atoms with Crippen LogP contribution in [0.15, 0.2) is 91.0 Å². The summed E-state index contributed by atoms with van der Waals surface area (Å²) < 4.78 is 5.23. The van der Waals surface area contributed by atoms with Gasteiger partial charge in [-0.2, -0.15) is 5.01 Å². The molecule has 0 bridgehead atoms. The summed E-state index contributed by atoms with van der Waals surface area (Å²) in [5.41, 5.74) is -2.56. The van der Waals surface area contributed by atoms with Gasteiger partial charge in [0, 0.05) is 41.5 Å². The Hall–Kier alpha value is -7.17. The molecule has 47 heavy (non-hydrogen) atoms. The van der Waals surface area contributed by atoms with Crippen molar-refractivity contribution < 1.29 is 43.5 Å². The molecule has 5 rings (SSSR count). The minimum absolute atomic E-state index is 0.0114. The number of hydrogen-bond donors (Lipinski definition) is 0. The summed E-state index contributed by atoms with van der Waals surface area (Å²) in [6.07, 6.45) is 0. The minimum Gasteiger partial charge on any atom is -0.423 e. The van der Waals surface area contributed by atoms with Gasteiger partial charge in [-0.3, -0.25) is 49.5 Å². The summed E-state index contributed by atoms with van der Waals surface area (Å²) in [6.45, 7) is -0.934. The second-order valence-electron chi connectivity index (χ2n) is 9.69. The van der Waals surface area contributed by atoms with Gasteiger partial charge in [-0.1, -0.05) is 6.07 Å². The van der Waals surface area contributed by atoms with Crippen molar-refractivity contribution in [3.63, 3.8) is 0 Å². The SMILES string of the molecule is O=C(CN(C(=O)c1ccc([N+](=O)[O-])cc1)N1C(=O)c2cccc([N+](=O)[O-])c2C1=O)c1ccc(OC(=O)c2ccc([N+](=O)[O-])cc2)cc1. The molecule has 0 N–H and O–H groups in total. The fourth-order valence-electron chi connectivity index (χ4n) is 4.56. The number of carbonyl (C=O) groups excluding carboxylic acids is 5. The molecule has 17 nitrogen and oxygen atoms in total. The number of Topliss-reactive ketones (excluding diaryl/α,β-unsaturated/α-hetero) is 1. The third-order valence-corrected chi connectivity index (χ3v) is 6.86. The maximum absolute atomic E-state index is 13.6. The Morgan fingerprint density at radius 2 is 1.19 bits per heavy atom. The molecule has 0 aliphatic carbocycles. The van der Waals surface area contributed by atoms with Crippen LogP contribution >= 0.6 is 0 Å². The van der Waals surface area contributed by atoms with E-state index in [1.54, 1.807) is 0 Å². The molecule has 4 aromatic carbocycles. The molecule has 0 saturated carbocycles. The molecule has 3 amide bonds. The fraction of sp³-hybridized carbons (Fsp3) is 0.0333. The van der Waals surface area contributed by atoms with Gasteiger partial charge in [0.2, 0.25) is 0 Å². The van der Waals surface area contributed by atoms with Crippen molar-refractivity contribution in [3.8, 4) is 5.75 Å². The van der Waals surface area contributed by atoms with E-state index in [1.165, 1.54) is 42.5 Å². The summed E-state index contributed by atoms with van der Waals surface area (Å²) in [4.78, 5) is 97.5. The summed E-state index contributed by atoms with van der Waals surface area (Å²) in [7, 11) is 0. The molecule has 4 aromatic rings. The van der Waals surface area contributed by atoms with Crippen molar-refractivity contribution in [2.75, 3.05) is 6.54 Å². The summed E-state index contributed by atoms with van der Waals surface area (Å²) in [5.74, 6) is -5.15. The molecule has 17 heteroatoms. The lowest BCUT2D eigenvalue weighted by atomic mass is 10.1. The topological polar surface area (TPSA) is 230 Å². The Bertz CT molecular complexity index is 2010. The predicted octanol–water partition coefficient (Wildman–Crippen LogP) is 4.17. The van der Waals surface area contributed by atoms with Crippen LogP contribution in [-0.4, -0.2) is 60.8 Å². The standard InChI is InChI=1S/C30H17N5O12/c36-25(17-8-14-22(15-9-17)47-30(40)19-6-12-21(13-7-19)34(43)44)16-31(27(37)18-4-10-20(11-5-18)33(41)42)32-28(38)23-2-1-3-24(35(45)46)26(23)29(32)39/h1-15H,16H2. The third kappa shape index (κ3) is 6.11. The van der Waals surface area contributed by atoms with E-state index in [0.717, 1.165) is 48.5 Å². The highest BCUT2D eigenvalue weighted by atomic mass is 16.6. The van der Waals surface area contributed by atoms with Gasteiger partial charge < -0.3 is 4.74 Å². The Morgan fingerprint density at radius 1 is 0.660 bits per heavy atom. The second kappa shape index (κ2) is 12.4. The van der Waals surface area contributed by atoms with Crippen LogP contribution in [0.25, 0.3) is 0 Å². The number of nitro groups is 3. The zero-order valence-corrected chi connectivity index (χ0v) is 23.5. The number of carbonyl (C=O) groups is 5. The molecular formula is C30H17N5O12. The van der Waals surface area contributed by atoms with Crippen molar-refractivity contribution in [1.29, 1.82) is 0 Å². The van der Waals surface area contributed by atoms with Crippen LogP contribution in [0.3, 0.4) is 0 Å². The summed E-state index contributed by atoms with van der Waals surface area (Å²) in [6, 6.07) is 17.0. The quantitative estimate of drug-likeness (QED) is 0.0594. The minimum atomic E-state index is -1.24. The van der Waals surface area contributed by atoms with E-state index >= 15 is 0 Å². The first-order valence-electron chi connectivity index (χ1n) is 13.2. The van der Waals surface area contributed by atoms with Crippen LogP contribution < -0.4 is 4.74 Å². The average Bonchev–Trinajstić information content (AvgIpc) is 3.32. The molecular weight excluding hydrogens is 622 g/mol. The zero-order valence-electron chi connectivity index (χ0n) is 23.5. The molecule has 1 heterocycles. The van der Waals surface area contributed by atoms with Crippen LogP contribution in [0.1, 0.15) is 51.8 Å². The molecule has 234 valence electrons. The number of benzene rings is 4. The highest BCUT2D eigenvalue weighted by Gasteiger charge is 2.46. The number of imide groups is 1. The van der Waals surface area contributed by atoms with Crippen LogP contribution in [-0.2, 0) is 0 Å². The number of rotatable bonds is 10.